The van der Waals surface area contributed by atoms with Crippen molar-refractivity contribution in [2.24, 2.45) is 4.99 Å². The van der Waals surface area contributed by atoms with E-state index >= 15 is 0 Å². The lowest BCUT2D eigenvalue weighted by Crippen LogP contribution is -2.28. The lowest BCUT2D eigenvalue weighted by molar-refractivity contribution is -0.122. The van der Waals surface area contributed by atoms with Gasteiger partial charge in [0.15, 0.2) is 5.17 Å². The van der Waals surface area contributed by atoms with Crippen molar-refractivity contribution >= 4 is 51.5 Å². The van der Waals surface area contributed by atoms with Gasteiger partial charge in [-0.25, -0.2) is 9.79 Å². The maximum absolute atomic E-state index is 13.4. The number of para-hydroxylation sites is 1. The zero-order valence-corrected chi connectivity index (χ0v) is 22.7. The van der Waals surface area contributed by atoms with Crippen LogP contribution in [0.25, 0.3) is 17.0 Å². The Balaban J connectivity index is 1.51. The Kier molecular flexibility index (Phi) is 7.20. The van der Waals surface area contributed by atoms with Crippen molar-refractivity contribution in [1.82, 2.24) is 9.47 Å². The van der Waals surface area contributed by atoms with Crippen LogP contribution in [0.1, 0.15) is 39.7 Å². The minimum Gasteiger partial charge on any atom is -0.465 e. The molecule has 0 unspecified atom stereocenters. The molecule has 1 aliphatic rings. The number of amidine groups is 1. The average molecular weight is 524 g/mol. The topological polar surface area (TPSA) is 63.9 Å². The Morgan fingerprint density at radius 3 is 2.50 bits per heavy atom. The fourth-order valence-corrected chi connectivity index (χ4v) is 5.78. The summed E-state index contributed by atoms with van der Waals surface area (Å²) in [6.07, 6.45) is 2.00. The van der Waals surface area contributed by atoms with E-state index in [1.807, 2.05) is 19.1 Å². The molecule has 1 fully saturated rings. The van der Waals surface area contributed by atoms with E-state index in [0.29, 0.717) is 27.9 Å². The van der Waals surface area contributed by atoms with E-state index < -0.39 is 5.97 Å². The second-order valence-corrected chi connectivity index (χ2v) is 10.2. The zero-order chi connectivity index (χ0) is 26.8. The summed E-state index contributed by atoms with van der Waals surface area (Å²) >= 11 is 1.38. The van der Waals surface area contributed by atoms with Crippen LogP contribution < -0.4 is 0 Å². The van der Waals surface area contributed by atoms with Gasteiger partial charge in [-0.05, 0) is 74.5 Å². The first-order chi connectivity index (χ1) is 18.4. The van der Waals surface area contributed by atoms with E-state index in [-0.39, 0.29) is 5.91 Å². The highest BCUT2D eigenvalue weighted by Gasteiger charge is 2.32. The third kappa shape index (κ3) is 4.89. The number of carbonyl (C=O) groups is 2. The molecule has 38 heavy (non-hydrogen) atoms. The molecule has 4 aromatic rings. The van der Waals surface area contributed by atoms with Gasteiger partial charge in [-0.1, -0.05) is 48.0 Å². The molecule has 1 aromatic heterocycles. The van der Waals surface area contributed by atoms with Gasteiger partial charge in [0.25, 0.3) is 5.91 Å². The number of carbonyl (C=O) groups excluding carboxylic acids is 2. The van der Waals surface area contributed by atoms with Gasteiger partial charge >= 0.3 is 5.97 Å². The van der Waals surface area contributed by atoms with Crippen molar-refractivity contribution in [3.8, 4) is 0 Å². The van der Waals surface area contributed by atoms with Gasteiger partial charge in [0.05, 0.1) is 23.3 Å². The molecule has 1 aliphatic heterocycles. The number of rotatable bonds is 6. The average Bonchev–Trinajstić information content (AvgIpc) is 3.36. The second-order valence-electron chi connectivity index (χ2n) is 9.18. The van der Waals surface area contributed by atoms with Gasteiger partial charge in [0.1, 0.15) is 0 Å². The number of fused-ring (bicyclic) bond motifs is 1. The summed E-state index contributed by atoms with van der Waals surface area (Å²) in [7, 11) is 1.35. The molecular weight excluding hydrogens is 494 g/mol. The third-order valence-corrected chi connectivity index (χ3v) is 7.70. The maximum Gasteiger partial charge on any atom is 0.337 e. The number of thioether (sulfide) groups is 1. The highest BCUT2D eigenvalue weighted by molar-refractivity contribution is 8.18. The summed E-state index contributed by atoms with van der Waals surface area (Å²) < 4.78 is 7.08. The summed E-state index contributed by atoms with van der Waals surface area (Å²) in [5.41, 5.74) is 6.89. The van der Waals surface area contributed by atoms with E-state index in [1.54, 1.807) is 29.2 Å². The molecule has 3 aromatic carbocycles. The highest BCUT2D eigenvalue weighted by Crippen LogP contribution is 2.37. The lowest BCUT2D eigenvalue weighted by Gasteiger charge is -2.12. The molecule has 1 saturated heterocycles. The Morgan fingerprint density at radius 2 is 1.79 bits per heavy atom. The molecule has 6 nitrogen and oxygen atoms in total. The zero-order valence-electron chi connectivity index (χ0n) is 21.9. The third-order valence-electron chi connectivity index (χ3n) is 6.70. The van der Waals surface area contributed by atoms with Crippen LogP contribution in [0, 0.1) is 13.8 Å². The van der Waals surface area contributed by atoms with E-state index in [1.165, 1.54) is 30.0 Å². The molecule has 0 aliphatic carbocycles. The molecule has 7 heteroatoms. The molecule has 1 amide bonds. The van der Waals surface area contributed by atoms with Gasteiger partial charge in [0, 0.05) is 35.2 Å². The van der Waals surface area contributed by atoms with Crippen LogP contribution in [0.15, 0.2) is 82.7 Å². The summed E-state index contributed by atoms with van der Waals surface area (Å²) in [6.45, 7) is 7.43. The molecule has 0 spiro atoms. The Labute approximate surface area is 226 Å². The van der Waals surface area contributed by atoms with Crippen molar-refractivity contribution < 1.29 is 14.3 Å². The van der Waals surface area contributed by atoms with Crippen molar-refractivity contribution in [3.63, 3.8) is 0 Å². The summed E-state index contributed by atoms with van der Waals surface area (Å²) in [6, 6.07) is 23.7. The largest absolute Gasteiger partial charge is 0.465 e. The Hall–Kier alpha value is -4.10. The Morgan fingerprint density at radius 1 is 1.03 bits per heavy atom. The first-order valence-corrected chi connectivity index (χ1v) is 13.3. The molecule has 192 valence electrons. The number of amides is 1. The first-order valence-electron chi connectivity index (χ1n) is 12.5. The number of nitrogens with zero attached hydrogens (tertiary/aromatic N) is 3. The van der Waals surface area contributed by atoms with Crippen LogP contribution in [-0.4, -0.2) is 40.2 Å². The predicted octanol–water partition coefficient (Wildman–Crippen LogP) is 6.72. The predicted molar refractivity (Wildman–Crippen MR) is 155 cm³/mol. The number of esters is 1. The van der Waals surface area contributed by atoms with Gasteiger partial charge in [-0.3, -0.25) is 9.69 Å². The van der Waals surface area contributed by atoms with Crippen LogP contribution >= 0.6 is 11.8 Å². The number of hydrogen-bond donors (Lipinski definition) is 0. The van der Waals surface area contributed by atoms with Crippen molar-refractivity contribution in [1.29, 1.82) is 0 Å². The minimum absolute atomic E-state index is 0.0580. The minimum atomic E-state index is -0.396. The summed E-state index contributed by atoms with van der Waals surface area (Å²) in [5.74, 6) is -0.454. The molecule has 0 bridgehead atoms. The molecule has 0 saturated carbocycles. The van der Waals surface area contributed by atoms with Crippen LogP contribution in [0.3, 0.4) is 0 Å². The monoisotopic (exact) mass is 523 g/mol. The summed E-state index contributed by atoms with van der Waals surface area (Å²) in [4.78, 5) is 32.2. The molecule has 2 heterocycles. The van der Waals surface area contributed by atoms with Crippen LogP contribution in [-0.2, 0) is 16.1 Å². The van der Waals surface area contributed by atoms with E-state index in [4.69, 9.17) is 9.73 Å². The first kappa shape index (κ1) is 25.5. The highest BCUT2D eigenvalue weighted by atomic mass is 32.2. The molecule has 0 radical (unpaired) electrons. The van der Waals surface area contributed by atoms with E-state index in [9.17, 15) is 9.59 Å². The van der Waals surface area contributed by atoms with E-state index in [0.717, 1.165) is 28.7 Å². The number of hydrogen-bond acceptors (Lipinski definition) is 5. The quantitative estimate of drug-likeness (QED) is 0.208. The normalized spacial score (nSPS) is 15.7. The lowest BCUT2D eigenvalue weighted by atomic mass is 10.1. The molecule has 0 atom stereocenters. The van der Waals surface area contributed by atoms with Crippen LogP contribution in [0.2, 0.25) is 0 Å². The van der Waals surface area contributed by atoms with Crippen molar-refractivity contribution in [2.75, 3.05) is 13.7 Å². The number of methoxy groups -OCH3 is 1. The number of aromatic nitrogens is 1. The van der Waals surface area contributed by atoms with Crippen LogP contribution in [0.5, 0.6) is 0 Å². The SMILES string of the molecule is CCN1C(=O)/C(=C\c2c(C)n(Cc3cccc(C)c3)c3ccccc23)SC1=Nc1ccc(C(=O)OC)cc1. The molecule has 5 rings (SSSR count). The van der Waals surface area contributed by atoms with E-state index in [2.05, 4.69) is 60.9 Å². The van der Waals surface area contributed by atoms with Crippen LogP contribution in [0.4, 0.5) is 5.69 Å². The van der Waals surface area contributed by atoms with Gasteiger partial charge < -0.3 is 9.30 Å². The number of benzene rings is 3. The van der Waals surface area contributed by atoms with Gasteiger partial charge in [-0.2, -0.15) is 0 Å². The second kappa shape index (κ2) is 10.7. The Bertz CT molecular complexity index is 1600. The molecule has 0 N–H and O–H groups in total. The number of aryl methyl sites for hydroxylation is 1. The van der Waals surface area contributed by atoms with Gasteiger partial charge in [0.2, 0.25) is 0 Å². The fourth-order valence-electron chi connectivity index (χ4n) is 4.74. The maximum atomic E-state index is 13.4. The van der Waals surface area contributed by atoms with Gasteiger partial charge in [-0.15, -0.1) is 0 Å². The number of ether oxygens (including phenoxy) is 1. The number of aliphatic imine (C=N–C) groups is 1. The fraction of sp³-hybridized carbons (Fsp3) is 0.194. The van der Waals surface area contributed by atoms with Crippen molar-refractivity contribution in [3.05, 3.63) is 106 Å². The smallest absolute Gasteiger partial charge is 0.337 e. The summed E-state index contributed by atoms with van der Waals surface area (Å²) in [5, 5.41) is 1.74. The standard InChI is InChI=1S/C31H29N3O3S/c1-5-33-29(35)28(38-31(33)32-24-15-13-23(14-16-24)30(36)37-4)18-26-21(3)34(27-12-7-6-11-25(26)27)19-22-10-8-9-20(2)17-22/h6-18H,5,19H2,1-4H3/b28-18+,32-31?. The number of likely N-dealkylation sites (N-methyl/N-ethyl adjacent to an activating group) is 1. The molecular formula is C31H29N3O3S. The van der Waals surface area contributed by atoms with Crippen molar-refractivity contribution in [2.45, 2.75) is 27.3 Å².